The number of hydrogen-bond acceptors (Lipinski definition) is 3. The molecule has 1 N–H and O–H groups in total. The van der Waals surface area contributed by atoms with Crippen LogP contribution in [0.1, 0.15) is 22.3 Å². The molecule has 0 saturated heterocycles. The SMILES string of the molecule is Cc1ccc(C)c(OCC(=O)NN=Cc2cn(Cc3ccccc3)c3ccccc23)c1. The van der Waals surface area contributed by atoms with Gasteiger partial charge in [-0.25, -0.2) is 5.43 Å². The van der Waals surface area contributed by atoms with Crippen LogP contribution in [0.4, 0.5) is 0 Å². The molecule has 0 aliphatic heterocycles. The Morgan fingerprint density at radius 1 is 1.03 bits per heavy atom. The van der Waals surface area contributed by atoms with Crippen molar-refractivity contribution in [3.63, 3.8) is 0 Å². The Morgan fingerprint density at radius 2 is 1.81 bits per heavy atom. The predicted octanol–water partition coefficient (Wildman–Crippen LogP) is 4.84. The van der Waals surface area contributed by atoms with Crippen molar-refractivity contribution in [1.29, 1.82) is 0 Å². The molecule has 0 fully saturated rings. The van der Waals surface area contributed by atoms with E-state index < -0.39 is 0 Å². The average Bonchev–Trinajstić information content (AvgIpc) is 3.12. The summed E-state index contributed by atoms with van der Waals surface area (Å²) in [6, 6.07) is 24.4. The molecule has 0 atom stereocenters. The average molecular weight is 412 g/mol. The summed E-state index contributed by atoms with van der Waals surface area (Å²) in [6.07, 6.45) is 3.74. The highest BCUT2D eigenvalue weighted by molar-refractivity contribution is 5.99. The lowest BCUT2D eigenvalue weighted by atomic mass is 10.1. The molecule has 0 saturated carbocycles. The zero-order valence-electron chi connectivity index (χ0n) is 17.7. The first kappa shape index (κ1) is 20.4. The van der Waals surface area contributed by atoms with Gasteiger partial charge in [-0.2, -0.15) is 5.10 Å². The molecule has 5 nitrogen and oxygen atoms in total. The number of hydrazone groups is 1. The van der Waals surface area contributed by atoms with Gasteiger partial charge in [-0.3, -0.25) is 4.79 Å². The highest BCUT2D eigenvalue weighted by Gasteiger charge is 2.08. The number of carbonyl (C=O) groups is 1. The molecule has 3 aromatic carbocycles. The molecule has 1 heterocycles. The van der Waals surface area contributed by atoms with Gasteiger partial charge in [-0.15, -0.1) is 0 Å². The highest BCUT2D eigenvalue weighted by atomic mass is 16.5. The first-order chi connectivity index (χ1) is 15.1. The van der Waals surface area contributed by atoms with Crippen LogP contribution in [-0.2, 0) is 11.3 Å². The number of ether oxygens (including phenoxy) is 1. The smallest absolute Gasteiger partial charge is 0.277 e. The number of aromatic nitrogens is 1. The minimum Gasteiger partial charge on any atom is -0.483 e. The molecule has 0 spiro atoms. The van der Waals surface area contributed by atoms with Crippen LogP contribution in [0.3, 0.4) is 0 Å². The van der Waals surface area contributed by atoms with Gasteiger partial charge in [0.25, 0.3) is 5.91 Å². The van der Waals surface area contributed by atoms with Crippen molar-refractivity contribution in [2.24, 2.45) is 5.10 Å². The van der Waals surface area contributed by atoms with Crippen LogP contribution in [0.2, 0.25) is 0 Å². The van der Waals surface area contributed by atoms with Gasteiger partial charge in [0.1, 0.15) is 5.75 Å². The monoisotopic (exact) mass is 411 g/mol. The molecule has 31 heavy (non-hydrogen) atoms. The Balaban J connectivity index is 1.43. The van der Waals surface area contributed by atoms with Crippen LogP contribution in [-0.4, -0.2) is 23.3 Å². The minimum absolute atomic E-state index is 0.0859. The van der Waals surface area contributed by atoms with E-state index in [1.54, 1.807) is 6.21 Å². The molecule has 1 amide bonds. The van der Waals surface area contributed by atoms with Crippen molar-refractivity contribution in [2.75, 3.05) is 6.61 Å². The van der Waals surface area contributed by atoms with Gasteiger partial charge in [-0.1, -0.05) is 60.7 Å². The summed E-state index contributed by atoms with van der Waals surface area (Å²) in [5.74, 6) is 0.410. The molecule has 4 rings (SSSR count). The van der Waals surface area contributed by atoms with Gasteiger partial charge in [0.2, 0.25) is 0 Å². The summed E-state index contributed by atoms with van der Waals surface area (Å²) in [7, 11) is 0. The van der Waals surface area contributed by atoms with Crippen LogP contribution in [0.25, 0.3) is 10.9 Å². The van der Waals surface area contributed by atoms with E-state index in [1.165, 1.54) is 5.56 Å². The number of para-hydroxylation sites is 1. The van der Waals surface area contributed by atoms with Crippen LogP contribution >= 0.6 is 0 Å². The molecule has 156 valence electrons. The van der Waals surface area contributed by atoms with E-state index in [1.807, 2.05) is 62.4 Å². The van der Waals surface area contributed by atoms with Crippen molar-refractivity contribution in [3.05, 3.63) is 101 Å². The number of amides is 1. The molecular weight excluding hydrogens is 386 g/mol. The largest absolute Gasteiger partial charge is 0.483 e. The second-order valence-corrected chi connectivity index (χ2v) is 7.57. The quantitative estimate of drug-likeness (QED) is 0.350. The molecule has 0 bridgehead atoms. The zero-order chi connectivity index (χ0) is 21.6. The van der Waals surface area contributed by atoms with E-state index in [4.69, 9.17) is 4.74 Å². The van der Waals surface area contributed by atoms with Gasteiger partial charge in [0.15, 0.2) is 6.61 Å². The maximum Gasteiger partial charge on any atom is 0.277 e. The zero-order valence-corrected chi connectivity index (χ0v) is 17.7. The summed E-state index contributed by atoms with van der Waals surface area (Å²) in [5.41, 5.74) is 7.93. The number of rotatable bonds is 7. The van der Waals surface area contributed by atoms with Crippen LogP contribution in [0, 0.1) is 13.8 Å². The van der Waals surface area contributed by atoms with Crippen LogP contribution in [0.5, 0.6) is 5.75 Å². The minimum atomic E-state index is -0.301. The first-order valence-electron chi connectivity index (χ1n) is 10.2. The fourth-order valence-corrected chi connectivity index (χ4v) is 3.50. The number of carbonyl (C=O) groups excluding carboxylic acids is 1. The summed E-state index contributed by atoms with van der Waals surface area (Å²) in [6.45, 7) is 4.63. The second-order valence-electron chi connectivity index (χ2n) is 7.57. The van der Waals surface area contributed by atoms with Gasteiger partial charge < -0.3 is 9.30 Å². The Bertz CT molecular complexity index is 1230. The maximum absolute atomic E-state index is 12.2. The Kier molecular flexibility index (Phi) is 6.13. The van der Waals surface area contributed by atoms with Gasteiger partial charge >= 0.3 is 0 Å². The number of hydrogen-bond donors (Lipinski definition) is 1. The third-order valence-corrected chi connectivity index (χ3v) is 5.11. The lowest BCUT2D eigenvalue weighted by molar-refractivity contribution is -0.123. The van der Waals surface area contributed by atoms with E-state index in [0.29, 0.717) is 5.75 Å². The summed E-state index contributed by atoms with van der Waals surface area (Å²) in [5, 5.41) is 5.23. The lowest BCUT2D eigenvalue weighted by Crippen LogP contribution is -2.24. The summed E-state index contributed by atoms with van der Waals surface area (Å²) in [4.78, 5) is 12.2. The number of fused-ring (bicyclic) bond motifs is 1. The molecule has 0 aliphatic rings. The molecule has 0 radical (unpaired) electrons. The van der Waals surface area contributed by atoms with E-state index >= 15 is 0 Å². The third-order valence-electron chi connectivity index (χ3n) is 5.11. The molecule has 4 aromatic rings. The number of aryl methyl sites for hydroxylation is 2. The van der Waals surface area contributed by atoms with E-state index in [2.05, 4.69) is 45.6 Å². The van der Waals surface area contributed by atoms with Crippen molar-refractivity contribution >= 4 is 23.0 Å². The van der Waals surface area contributed by atoms with Crippen LogP contribution < -0.4 is 10.2 Å². The summed E-state index contributed by atoms with van der Waals surface area (Å²) >= 11 is 0. The van der Waals surface area contributed by atoms with Crippen LogP contribution in [0.15, 0.2) is 84.1 Å². The van der Waals surface area contributed by atoms with Crippen molar-refractivity contribution in [3.8, 4) is 5.75 Å². The van der Waals surface area contributed by atoms with E-state index in [-0.39, 0.29) is 12.5 Å². The number of nitrogens with one attached hydrogen (secondary N) is 1. The van der Waals surface area contributed by atoms with Crippen molar-refractivity contribution in [1.82, 2.24) is 9.99 Å². The molecule has 0 aliphatic carbocycles. The molecule has 0 unspecified atom stereocenters. The van der Waals surface area contributed by atoms with E-state index in [9.17, 15) is 4.79 Å². The van der Waals surface area contributed by atoms with Gasteiger partial charge in [0.05, 0.1) is 6.21 Å². The maximum atomic E-state index is 12.2. The van der Waals surface area contributed by atoms with Gasteiger partial charge in [-0.05, 0) is 42.7 Å². The van der Waals surface area contributed by atoms with E-state index in [0.717, 1.165) is 34.1 Å². The molecule has 1 aromatic heterocycles. The predicted molar refractivity (Wildman–Crippen MR) is 125 cm³/mol. The first-order valence-corrected chi connectivity index (χ1v) is 10.2. The number of nitrogens with zero attached hydrogens (tertiary/aromatic N) is 2. The molecular formula is C26H25N3O2. The Labute approximate surface area is 182 Å². The highest BCUT2D eigenvalue weighted by Crippen LogP contribution is 2.21. The summed E-state index contributed by atoms with van der Waals surface area (Å²) < 4.78 is 7.82. The van der Waals surface area contributed by atoms with Crippen molar-refractivity contribution < 1.29 is 9.53 Å². The number of benzene rings is 3. The van der Waals surface area contributed by atoms with Gasteiger partial charge in [0, 0.05) is 29.2 Å². The normalized spacial score (nSPS) is 11.2. The lowest BCUT2D eigenvalue weighted by Gasteiger charge is -2.08. The fourth-order valence-electron chi connectivity index (χ4n) is 3.50. The third kappa shape index (κ3) is 5.01. The Morgan fingerprint density at radius 3 is 2.65 bits per heavy atom. The second kappa shape index (κ2) is 9.30. The Hall–Kier alpha value is -3.86. The molecule has 5 heteroatoms. The van der Waals surface area contributed by atoms with Crippen molar-refractivity contribution in [2.45, 2.75) is 20.4 Å². The standard InChI is InChI=1S/C26H25N3O2/c1-19-12-13-20(2)25(14-19)31-18-26(30)28-27-15-22-17-29(16-21-8-4-3-5-9-21)24-11-7-6-10-23(22)24/h3-15,17H,16,18H2,1-2H3,(H,28,30). The topological polar surface area (TPSA) is 55.6 Å². The fraction of sp³-hybridized carbons (Fsp3) is 0.154.